The van der Waals surface area contributed by atoms with E-state index in [1.54, 1.807) is 36.4 Å². The van der Waals surface area contributed by atoms with Gasteiger partial charge < -0.3 is 15.5 Å². The Bertz CT molecular complexity index is 1660. The minimum absolute atomic E-state index is 0.0684. The van der Waals surface area contributed by atoms with Gasteiger partial charge in [-0.05, 0) is 77.6 Å². The number of carboxylic acids is 1. The number of carboxylic acid groups (broad SMARTS) is 1. The summed E-state index contributed by atoms with van der Waals surface area (Å²) in [5, 5.41) is 25.4. The lowest BCUT2D eigenvalue weighted by Gasteiger charge is -2.29. The second-order valence-electron chi connectivity index (χ2n) is 10.9. The predicted octanol–water partition coefficient (Wildman–Crippen LogP) is 5.20. The Morgan fingerprint density at radius 2 is 1.61 bits per heavy atom. The number of nitrogens with one attached hydrogen (secondary N) is 1. The zero-order valence-electron chi connectivity index (χ0n) is 23.5. The molecule has 4 aromatic carbocycles. The molecule has 41 heavy (non-hydrogen) atoms. The number of hydrogen-bond acceptors (Lipinski definition) is 5. The number of sulfonamides is 1. The number of hydrogen-bond donors (Lipinski definition) is 3. The lowest BCUT2D eigenvalue weighted by Crippen LogP contribution is -2.47. The number of nitrogens with zero attached hydrogens (tertiary/aromatic N) is 1. The maximum atomic E-state index is 13.4. The van der Waals surface area contributed by atoms with Crippen molar-refractivity contribution in [3.8, 4) is 11.1 Å². The van der Waals surface area contributed by atoms with Crippen LogP contribution in [0.4, 0.5) is 0 Å². The van der Waals surface area contributed by atoms with Gasteiger partial charge >= 0.3 is 5.97 Å². The van der Waals surface area contributed by atoms with E-state index in [0.717, 1.165) is 18.1 Å². The third-order valence-corrected chi connectivity index (χ3v) is 8.74. The van der Waals surface area contributed by atoms with Crippen molar-refractivity contribution in [2.24, 2.45) is 0 Å². The van der Waals surface area contributed by atoms with Gasteiger partial charge in [0, 0.05) is 31.8 Å². The lowest BCUT2D eigenvalue weighted by atomic mass is 9.93. The molecule has 0 saturated heterocycles. The summed E-state index contributed by atoms with van der Waals surface area (Å²) in [7, 11) is -2.40. The average molecular weight is 573 g/mol. The van der Waals surface area contributed by atoms with Gasteiger partial charge in [-0.2, -0.15) is 4.31 Å². The van der Waals surface area contributed by atoms with Crippen molar-refractivity contribution in [2.75, 3.05) is 20.1 Å². The van der Waals surface area contributed by atoms with Crippen molar-refractivity contribution in [1.29, 1.82) is 0 Å². The zero-order valence-corrected chi connectivity index (χ0v) is 24.3. The monoisotopic (exact) mass is 572 g/mol. The van der Waals surface area contributed by atoms with Gasteiger partial charge in [0.15, 0.2) is 0 Å². The third-order valence-electron chi connectivity index (χ3n) is 6.92. The second-order valence-corrected chi connectivity index (χ2v) is 12.9. The quantitative estimate of drug-likeness (QED) is 0.202. The maximum absolute atomic E-state index is 13.4. The first-order valence-corrected chi connectivity index (χ1v) is 14.9. The van der Waals surface area contributed by atoms with Gasteiger partial charge in [0.25, 0.3) is 0 Å². The first-order valence-electron chi connectivity index (χ1n) is 13.4. The topological polar surface area (TPSA) is 107 Å². The SMILES string of the molecule is CN(CC(O)CNC(C)(C)Cc1ccc2ccccc2c1)S(=O)(=O)c1cccc(-c2cccc(C=CC(=O)O)c2)c1. The molecule has 214 valence electrons. The molecular formula is C33H36N2O5S. The summed E-state index contributed by atoms with van der Waals surface area (Å²) in [5.74, 6) is -1.04. The van der Waals surface area contributed by atoms with Crippen molar-refractivity contribution < 1.29 is 23.4 Å². The molecule has 0 amide bonds. The molecule has 4 rings (SSSR count). The van der Waals surface area contributed by atoms with Gasteiger partial charge in [-0.15, -0.1) is 0 Å². The van der Waals surface area contributed by atoms with Crippen molar-refractivity contribution in [3.63, 3.8) is 0 Å². The molecule has 1 unspecified atom stereocenters. The van der Waals surface area contributed by atoms with Crippen LogP contribution in [0.3, 0.4) is 0 Å². The maximum Gasteiger partial charge on any atom is 0.328 e. The average Bonchev–Trinajstić information content (AvgIpc) is 2.95. The Kier molecular flexibility index (Phi) is 9.40. The van der Waals surface area contributed by atoms with Crippen LogP contribution in [-0.4, -0.2) is 60.7 Å². The Morgan fingerprint density at radius 1 is 0.927 bits per heavy atom. The fourth-order valence-electron chi connectivity index (χ4n) is 4.78. The highest BCUT2D eigenvalue weighted by atomic mass is 32.2. The van der Waals surface area contributed by atoms with Crippen LogP contribution < -0.4 is 5.32 Å². The Balaban J connectivity index is 1.38. The summed E-state index contributed by atoms with van der Waals surface area (Å²) in [6.07, 6.45) is 2.38. The van der Waals surface area contributed by atoms with Crippen LogP contribution >= 0.6 is 0 Å². The van der Waals surface area contributed by atoms with E-state index in [9.17, 15) is 18.3 Å². The lowest BCUT2D eigenvalue weighted by molar-refractivity contribution is -0.131. The molecule has 4 aromatic rings. The van der Waals surface area contributed by atoms with Crippen molar-refractivity contribution in [2.45, 2.75) is 36.8 Å². The van der Waals surface area contributed by atoms with E-state index < -0.39 is 22.1 Å². The molecule has 0 aliphatic rings. The molecule has 0 saturated carbocycles. The van der Waals surface area contributed by atoms with Crippen molar-refractivity contribution in [3.05, 3.63) is 108 Å². The van der Waals surface area contributed by atoms with Crippen LogP contribution in [-0.2, 0) is 21.2 Å². The fourth-order valence-corrected chi connectivity index (χ4v) is 6.04. The largest absolute Gasteiger partial charge is 0.478 e. The minimum Gasteiger partial charge on any atom is -0.478 e. The van der Waals surface area contributed by atoms with E-state index in [1.165, 1.54) is 39.8 Å². The molecule has 0 aliphatic heterocycles. The van der Waals surface area contributed by atoms with Gasteiger partial charge in [0.2, 0.25) is 10.0 Å². The van der Waals surface area contributed by atoms with Gasteiger partial charge in [-0.1, -0.05) is 72.8 Å². The number of benzene rings is 4. The van der Waals surface area contributed by atoms with E-state index in [4.69, 9.17) is 5.11 Å². The van der Waals surface area contributed by atoms with Gasteiger partial charge in [0.1, 0.15) is 0 Å². The predicted molar refractivity (Wildman–Crippen MR) is 164 cm³/mol. The summed E-state index contributed by atoms with van der Waals surface area (Å²) in [6, 6.07) is 28.4. The van der Waals surface area contributed by atoms with E-state index in [1.807, 2.05) is 18.2 Å². The van der Waals surface area contributed by atoms with Crippen LogP contribution in [0.15, 0.2) is 102 Å². The molecule has 0 fully saturated rings. The summed E-state index contributed by atoms with van der Waals surface area (Å²) in [6.45, 7) is 4.29. The molecule has 0 bridgehead atoms. The summed E-state index contributed by atoms with van der Waals surface area (Å²) >= 11 is 0. The molecule has 0 radical (unpaired) electrons. The van der Waals surface area contributed by atoms with E-state index in [-0.39, 0.29) is 23.5 Å². The smallest absolute Gasteiger partial charge is 0.328 e. The summed E-state index contributed by atoms with van der Waals surface area (Å²) < 4.78 is 27.9. The molecule has 0 aromatic heterocycles. The number of aliphatic hydroxyl groups excluding tert-OH is 1. The first kappa shape index (κ1) is 30.1. The molecule has 8 heteroatoms. The Morgan fingerprint density at radius 3 is 2.34 bits per heavy atom. The van der Waals surface area contributed by atoms with Gasteiger partial charge in [-0.3, -0.25) is 0 Å². The molecule has 0 aliphatic carbocycles. The zero-order chi connectivity index (χ0) is 29.6. The summed E-state index contributed by atoms with van der Waals surface area (Å²) in [5.41, 5.74) is 3.00. The number of aliphatic carboxylic acids is 1. The van der Waals surface area contributed by atoms with E-state index >= 15 is 0 Å². The number of carbonyl (C=O) groups is 1. The van der Waals surface area contributed by atoms with Crippen LogP contribution in [0, 0.1) is 0 Å². The third kappa shape index (κ3) is 8.11. The number of likely N-dealkylation sites (N-methyl/N-ethyl adjacent to an activating group) is 1. The van der Waals surface area contributed by atoms with Crippen LogP contribution in [0.2, 0.25) is 0 Å². The Hall–Kier alpha value is -3.82. The van der Waals surface area contributed by atoms with Crippen LogP contribution in [0.1, 0.15) is 25.0 Å². The normalized spacial score (nSPS) is 13.2. The van der Waals surface area contributed by atoms with E-state index in [0.29, 0.717) is 11.1 Å². The molecule has 3 N–H and O–H groups in total. The van der Waals surface area contributed by atoms with Gasteiger partial charge in [-0.25, -0.2) is 13.2 Å². The second kappa shape index (κ2) is 12.8. The van der Waals surface area contributed by atoms with Crippen molar-refractivity contribution >= 4 is 32.8 Å². The summed E-state index contributed by atoms with van der Waals surface area (Å²) in [4.78, 5) is 11.0. The molecule has 0 spiro atoms. The highest BCUT2D eigenvalue weighted by Crippen LogP contribution is 2.25. The molecule has 1 atom stereocenters. The Labute approximate surface area is 241 Å². The number of aliphatic hydroxyl groups is 1. The van der Waals surface area contributed by atoms with Crippen LogP contribution in [0.5, 0.6) is 0 Å². The number of rotatable bonds is 12. The van der Waals surface area contributed by atoms with Gasteiger partial charge in [0.05, 0.1) is 11.0 Å². The van der Waals surface area contributed by atoms with Crippen molar-refractivity contribution in [1.82, 2.24) is 9.62 Å². The minimum atomic E-state index is -3.87. The molecular weight excluding hydrogens is 536 g/mol. The fraction of sp³-hybridized carbons (Fsp3) is 0.242. The first-order chi connectivity index (χ1) is 19.4. The van der Waals surface area contributed by atoms with Crippen LogP contribution in [0.25, 0.3) is 28.0 Å². The standard InChI is InChI=1S/C33H36N2O5S/c1-33(2,21-25-14-16-26-9-4-5-10-27(26)19-25)34-22-30(36)23-35(3)41(39,40)31-13-7-12-29(20-31)28-11-6-8-24(18-28)15-17-32(37)38/h4-20,30,34,36H,21-23H2,1-3H3,(H,37,38). The molecule has 7 nitrogen and oxygen atoms in total. The highest BCUT2D eigenvalue weighted by molar-refractivity contribution is 7.89. The van der Waals surface area contributed by atoms with E-state index in [2.05, 4.69) is 49.5 Å². The number of β-amino-alcohol motifs (C(OH)–C–C–N with tert-alkyl or cyclic N) is 1. The highest BCUT2D eigenvalue weighted by Gasteiger charge is 2.25. The number of fused-ring (bicyclic) bond motifs is 1. The molecule has 0 heterocycles.